The molecule has 0 bridgehead atoms. The van der Waals surface area contributed by atoms with Crippen molar-refractivity contribution in [3.05, 3.63) is 0 Å². The minimum absolute atomic E-state index is 0. The topological polar surface area (TPSA) is 68.8 Å². The van der Waals surface area contributed by atoms with E-state index in [1.54, 1.807) is 0 Å². The van der Waals surface area contributed by atoms with Gasteiger partial charge < -0.3 is 5.48 Å². The second-order valence-corrected chi connectivity index (χ2v) is 0.441. The average molecular weight is 261 g/mol. The molecule has 0 saturated heterocycles. The van der Waals surface area contributed by atoms with Crippen LogP contribution in [-0.4, -0.2) is 9.24 Å². The number of rotatable bonds is 0. The molecule has 6 heavy (non-hydrogen) atoms. The van der Waals surface area contributed by atoms with Crippen molar-refractivity contribution in [3.8, 4) is 0 Å². The Hall–Kier alpha value is 1.42. The Labute approximate surface area is 64.9 Å². The van der Waals surface area contributed by atoms with E-state index in [1.807, 2.05) is 0 Å². The van der Waals surface area contributed by atoms with E-state index in [4.69, 9.17) is 7.16 Å². The summed E-state index contributed by atoms with van der Waals surface area (Å²) in [6.07, 6.45) is 0. The van der Waals surface area contributed by atoms with Gasteiger partial charge in [0.05, 0.1) is 0 Å². The molecule has 0 heterocycles. The van der Waals surface area contributed by atoms with Gasteiger partial charge in [0.15, 0.2) is 0 Å². The van der Waals surface area contributed by atoms with Gasteiger partial charge >= 0.3 is 26.1 Å². The Kier molecular flexibility index (Phi) is 140. The minimum atomic E-state index is -1.78. The van der Waals surface area contributed by atoms with Crippen molar-refractivity contribution in [2.24, 2.45) is 0 Å². The quantitative estimate of drug-likeness (QED) is 0.539. The van der Waals surface area contributed by atoms with Gasteiger partial charge in [0.2, 0.25) is 0 Å². The van der Waals surface area contributed by atoms with Gasteiger partial charge in [0.25, 0.3) is 0 Å². The van der Waals surface area contributed by atoms with E-state index in [2.05, 4.69) is 0 Å². The predicted octanol–water partition coefficient (Wildman–Crippen LogP) is -1.51. The van der Waals surface area contributed by atoms with Gasteiger partial charge in [-0.2, -0.15) is 0 Å². The molecule has 0 aliphatic heterocycles. The zero-order valence-electron chi connectivity index (χ0n) is 2.43. The summed E-state index contributed by atoms with van der Waals surface area (Å²) in [6, 6.07) is 0. The molecule has 6 heteroatoms. The van der Waals surface area contributed by atoms with Gasteiger partial charge in [0, 0.05) is 33.6 Å². The molecule has 0 aliphatic carbocycles. The standard InChI is InChI=1S/Fe.Mo.Ni.2H2O.O/h;;;2*1H2;/q;+1;;;;/p-1. The molecule has 0 atom stereocenters. The van der Waals surface area contributed by atoms with Crippen LogP contribution in [0.5, 0.6) is 0 Å². The van der Waals surface area contributed by atoms with Crippen LogP contribution in [0.2, 0.25) is 0 Å². The van der Waals surface area contributed by atoms with Crippen LogP contribution in [0.25, 0.3) is 0 Å². The van der Waals surface area contributed by atoms with E-state index in [0.717, 1.165) is 0 Å². The maximum atomic E-state index is 8.62. The number of hydrogen-bond donors (Lipinski definition) is 1. The van der Waals surface area contributed by atoms with Gasteiger partial charge in [-0.15, -0.1) is 0 Å². The Morgan fingerprint density at radius 3 is 1.50 bits per heavy atom. The fourth-order valence-corrected chi connectivity index (χ4v) is 0. The molecule has 0 aromatic carbocycles. The third-order valence-corrected chi connectivity index (χ3v) is 0. The van der Waals surface area contributed by atoms with Crippen molar-refractivity contribution in [2.75, 3.05) is 0 Å². The zero-order chi connectivity index (χ0) is 2.71. The van der Waals surface area contributed by atoms with Crippen LogP contribution < -0.4 is 0 Å². The van der Waals surface area contributed by atoms with Gasteiger partial charge in [-0.1, -0.05) is 0 Å². The van der Waals surface area contributed by atoms with Crippen LogP contribution in [-0.2, 0) is 55.9 Å². The third kappa shape index (κ3) is 52.5. The zero-order valence-corrected chi connectivity index (χ0v) is 6.53. The summed E-state index contributed by atoms with van der Waals surface area (Å²) >= 11 is -1.78. The summed E-state index contributed by atoms with van der Waals surface area (Å²) in [4.78, 5) is 0. The van der Waals surface area contributed by atoms with Crippen LogP contribution in [0, 0.1) is 0 Å². The predicted molar refractivity (Wildman–Crippen MR) is 6.52 cm³/mol. The Balaban J connectivity index is -0.00000000667. The normalized spacial score (nSPS) is 2.17. The summed E-state index contributed by atoms with van der Waals surface area (Å²) in [5.41, 5.74) is 0. The molecule has 3 N–H and O–H groups in total. The second kappa shape index (κ2) is 32.2. The van der Waals surface area contributed by atoms with E-state index in [0.29, 0.717) is 0 Å². The van der Waals surface area contributed by atoms with E-state index in [1.165, 1.54) is 0 Å². The van der Waals surface area contributed by atoms with E-state index < -0.39 is 18.9 Å². The molecule has 0 saturated carbocycles. The molecule has 0 aromatic heterocycles. The van der Waals surface area contributed by atoms with E-state index in [-0.39, 0.29) is 39.0 Å². The summed E-state index contributed by atoms with van der Waals surface area (Å²) in [5.74, 6) is 0. The number of hydrogen-bond acceptors (Lipinski definition) is 1. The fourth-order valence-electron chi connectivity index (χ4n) is 0. The summed E-state index contributed by atoms with van der Waals surface area (Å²) in [7, 11) is 0. The molecule has 0 aromatic rings. The van der Waals surface area contributed by atoms with Crippen molar-refractivity contribution in [1.82, 2.24) is 0 Å². The molecule has 45 valence electrons. The monoisotopic (exact) mass is 263 g/mol. The summed E-state index contributed by atoms with van der Waals surface area (Å²) in [6.45, 7) is 0. The first-order valence-electron chi connectivity index (χ1n) is 0.349. The molecule has 3 nitrogen and oxygen atoms in total. The molecule has 0 amide bonds. The van der Waals surface area contributed by atoms with Gasteiger partial charge in [-0.3, -0.25) is 0 Å². The van der Waals surface area contributed by atoms with Crippen molar-refractivity contribution in [3.63, 3.8) is 0 Å². The second-order valence-electron chi connectivity index (χ2n) is 0.0745. The van der Waals surface area contributed by atoms with Crippen LogP contribution in [0.1, 0.15) is 0 Å². The molecule has 0 radical (unpaired) electrons. The van der Waals surface area contributed by atoms with Gasteiger partial charge in [-0.05, 0) is 0 Å². The van der Waals surface area contributed by atoms with Crippen LogP contribution >= 0.6 is 0 Å². The van der Waals surface area contributed by atoms with Crippen LogP contribution in [0.3, 0.4) is 0 Å². The summed E-state index contributed by atoms with van der Waals surface area (Å²) < 4.78 is 15.8. The first-order valence-corrected chi connectivity index (χ1v) is 2.07. The van der Waals surface area contributed by atoms with Gasteiger partial charge in [0.1, 0.15) is 0 Å². The van der Waals surface area contributed by atoms with E-state index >= 15 is 0 Å². The van der Waals surface area contributed by atoms with Crippen molar-refractivity contribution in [1.29, 1.82) is 0 Å². The van der Waals surface area contributed by atoms with Crippen LogP contribution in [0.15, 0.2) is 0 Å². The molecule has 0 aliphatic rings. The summed E-state index contributed by atoms with van der Waals surface area (Å²) in [5, 5.41) is 0. The molecule has 0 fully saturated rings. The SMILES string of the molecule is O.[Fe].[Ni].[O]=[Mo][OH]. The van der Waals surface area contributed by atoms with E-state index in [9.17, 15) is 0 Å². The molecular formula is H3FeMoNiO3. The molecule has 0 spiro atoms. The van der Waals surface area contributed by atoms with Crippen molar-refractivity contribution < 1.29 is 65.1 Å². The average Bonchev–Trinajstić information content (AvgIpc) is 0.918. The first kappa shape index (κ1) is 26.1. The molecule has 0 rings (SSSR count). The van der Waals surface area contributed by atoms with Gasteiger partial charge in [-0.25, -0.2) is 0 Å². The Bertz CT molecular complexity index is 18.3. The maximum absolute atomic E-state index is 8.62. The molecular weight excluding hydrogens is 258 g/mol. The van der Waals surface area contributed by atoms with Crippen LogP contribution in [0.4, 0.5) is 0 Å². The molecule has 0 unspecified atom stereocenters. The van der Waals surface area contributed by atoms with Crippen molar-refractivity contribution >= 4 is 0 Å². The third-order valence-electron chi connectivity index (χ3n) is 0. The first-order chi connectivity index (χ1) is 1.41. The fraction of sp³-hybridized carbons (Fsp3) is 0. The van der Waals surface area contributed by atoms with Crippen molar-refractivity contribution in [2.45, 2.75) is 0 Å². The Morgan fingerprint density at radius 1 is 1.50 bits per heavy atom. The Morgan fingerprint density at radius 2 is 1.50 bits per heavy atom.